The molecule has 0 spiro atoms. The molecule has 0 bridgehead atoms. The predicted octanol–water partition coefficient (Wildman–Crippen LogP) is 0.902. The molecule has 0 radical (unpaired) electrons. The summed E-state index contributed by atoms with van der Waals surface area (Å²) in [4.78, 5) is 25.2. The van der Waals surface area contributed by atoms with Gasteiger partial charge in [0.2, 0.25) is 0 Å². The van der Waals surface area contributed by atoms with Crippen LogP contribution in [0.1, 0.15) is 27.1 Å². The Balaban J connectivity index is 0.00000200. The lowest BCUT2D eigenvalue weighted by Gasteiger charge is -2.12. The van der Waals surface area contributed by atoms with Crippen LogP contribution >= 0.6 is 12.4 Å². The summed E-state index contributed by atoms with van der Waals surface area (Å²) in [5, 5.41) is 6.17. The SMILES string of the molecule is CN(C)C(=O)c1ccc(C(=O)NC2CCNC2)cc1.Cl. The second-order valence-electron chi connectivity index (χ2n) is 4.94. The summed E-state index contributed by atoms with van der Waals surface area (Å²) in [5.41, 5.74) is 1.17. The number of amides is 2. The van der Waals surface area contributed by atoms with Gasteiger partial charge in [-0.05, 0) is 37.2 Å². The van der Waals surface area contributed by atoms with E-state index in [2.05, 4.69) is 10.6 Å². The van der Waals surface area contributed by atoms with E-state index < -0.39 is 0 Å². The first kappa shape index (κ1) is 16.5. The Morgan fingerprint density at radius 3 is 2.30 bits per heavy atom. The molecule has 1 saturated heterocycles. The molecule has 1 unspecified atom stereocenters. The summed E-state index contributed by atoms with van der Waals surface area (Å²) in [5.74, 6) is -0.149. The maximum Gasteiger partial charge on any atom is 0.253 e. The maximum absolute atomic E-state index is 12.0. The molecule has 1 aliphatic heterocycles. The number of nitrogens with one attached hydrogen (secondary N) is 2. The Morgan fingerprint density at radius 2 is 1.80 bits per heavy atom. The Hall–Kier alpha value is -1.59. The molecule has 1 aromatic rings. The highest BCUT2D eigenvalue weighted by Crippen LogP contribution is 2.07. The number of nitrogens with zero attached hydrogens (tertiary/aromatic N) is 1. The molecule has 2 amide bonds. The van der Waals surface area contributed by atoms with E-state index in [4.69, 9.17) is 0 Å². The number of carbonyl (C=O) groups is 2. The van der Waals surface area contributed by atoms with Crippen LogP contribution in [0.4, 0.5) is 0 Å². The first-order chi connectivity index (χ1) is 9.08. The van der Waals surface area contributed by atoms with Crippen LogP contribution in [0.15, 0.2) is 24.3 Å². The molecule has 1 heterocycles. The summed E-state index contributed by atoms with van der Waals surface area (Å²) < 4.78 is 0. The van der Waals surface area contributed by atoms with Gasteiger partial charge in [0.25, 0.3) is 11.8 Å². The first-order valence-corrected chi connectivity index (χ1v) is 6.41. The van der Waals surface area contributed by atoms with Crippen LogP contribution in [-0.2, 0) is 0 Å². The highest BCUT2D eigenvalue weighted by atomic mass is 35.5. The van der Waals surface area contributed by atoms with Crippen LogP contribution in [-0.4, -0.2) is 49.9 Å². The van der Waals surface area contributed by atoms with E-state index in [-0.39, 0.29) is 30.3 Å². The van der Waals surface area contributed by atoms with Gasteiger partial charge in [0.05, 0.1) is 0 Å². The molecule has 5 nitrogen and oxygen atoms in total. The lowest BCUT2D eigenvalue weighted by atomic mass is 10.1. The highest BCUT2D eigenvalue weighted by molar-refractivity contribution is 5.97. The van der Waals surface area contributed by atoms with Gasteiger partial charge < -0.3 is 15.5 Å². The maximum atomic E-state index is 12.0. The fraction of sp³-hybridized carbons (Fsp3) is 0.429. The number of halogens is 1. The molecule has 0 aromatic heterocycles. The molecule has 1 atom stereocenters. The standard InChI is InChI=1S/C14H19N3O2.ClH/c1-17(2)14(19)11-5-3-10(4-6-11)13(18)16-12-7-8-15-9-12;/h3-6,12,15H,7-9H2,1-2H3,(H,16,18);1H. The number of rotatable bonds is 3. The van der Waals surface area contributed by atoms with Gasteiger partial charge >= 0.3 is 0 Å². The Bertz CT molecular complexity index is 468. The Labute approximate surface area is 125 Å². The van der Waals surface area contributed by atoms with E-state index >= 15 is 0 Å². The molecular formula is C14H20ClN3O2. The van der Waals surface area contributed by atoms with Crippen LogP contribution in [0, 0.1) is 0 Å². The summed E-state index contributed by atoms with van der Waals surface area (Å²) in [6.07, 6.45) is 0.961. The third kappa shape index (κ3) is 3.95. The molecular weight excluding hydrogens is 278 g/mol. The third-order valence-corrected chi connectivity index (χ3v) is 3.20. The largest absolute Gasteiger partial charge is 0.348 e. The normalized spacial score (nSPS) is 17.2. The van der Waals surface area contributed by atoms with E-state index in [1.165, 1.54) is 4.90 Å². The molecule has 20 heavy (non-hydrogen) atoms. The number of carbonyl (C=O) groups excluding carboxylic acids is 2. The first-order valence-electron chi connectivity index (χ1n) is 6.41. The second-order valence-corrected chi connectivity index (χ2v) is 4.94. The third-order valence-electron chi connectivity index (χ3n) is 3.20. The molecule has 6 heteroatoms. The van der Waals surface area contributed by atoms with E-state index in [1.54, 1.807) is 38.4 Å². The van der Waals surface area contributed by atoms with Crippen molar-refractivity contribution in [3.05, 3.63) is 35.4 Å². The zero-order valence-corrected chi connectivity index (χ0v) is 12.5. The van der Waals surface area contributed by atoms with Crippen LogP contribution < -0.4 is 10.6 Å². The fourth-order valence-corrected chi connectivity index (χ4v) is 2.07. The van der Waals surface area contributed by atoms with Crippen LogP contribution in [0.2, 0.25) is 0 Å². The van der Waals surface area contributed by atoms with Crippen LogP contribution in [0.25, 0.3) is 0 Å². The zero-order chi connectivity index (χ0) is 13.8. The fourth-order valence-electron chi connectivity index (χ4n) is 2.07. The van der Waals surface area contributed by atoms with Gasteiger partial charge in [-0.15, -0.1) is 12.4 Å². The lowest BCUT2D eigenvalue weighted by molar-refractivity contribution is 0.0826. The van der Waals surface area contributed by atoms with Gasteiger partial charge in [-0.25, -0.2) is 0 Å². The van der Waals surface area contributed by atoms with E-state index in [0.717, 1.165) is 19.5 Å². The summed E-state index contributed by atoms with van der Waals surface area (Å²) in [6.45, 7) is 1.77. The van der Waals surface area contributed by atoms with E-state index in [9.17, 15) is 9.59 Å². The Morgan fingerprint density at radius 1 is 1.20 bits per heavy atom. The van der Waals surface area contributed by atoms with Crippen molar-refractivity contribution >= 4 is 24.2 Å². The Kier molecular flexibility index (Phi) is 5.98. The van der Waals surface area contributed by atoms with Gasteiger partial charge in [0.1, 0.15) is 0 Å². The molecule has 110 valence electrons. The monoisotopic (exact) mass is 297 g/mol. The van der Waals surface area contributed by atoms with Gasteiger partial charge in [-0.3, -0.25) is 9.59 Å². The topological polar surface area (TPSA) is 61.4 Å². The van der Waals surface area contributed by atoms with Crippen LogP contribution in [0.5, 0.6) is 0 Å². The minimum atomic E-state index is -0.0856. The van der Waals surface area contributed by atoms with Gasteiger partial charge in [0.15, 0.2) is 0 Å². The molecule has 1 aromatic carbocycles. The molecule has 2 rings (SSSR count). The molecule has 0 aliphatic carbocycles. The minimum Gasteiger partial charge on any atom is -0.348 e. The zero-order valence-electron chi connectivity index (χ0n) is 11.7. The van der Waals surface area contributed by atoms with Crippen molar-refractivity contribution < 1.29 is 9.59 Å². The molecule has 2 N–H and O–H groups in total. The summed E-state index contributed by atoms with van der Waals surface area (Å²) in [7, 11) is 3.41. The van der Waals surface area contributed by atoms with E-state index in [0.29, 0.717) is 11.1 Å². The van der Waals surface area contributed by atoms with Gasteiger partial charge in [0, 0.05) is 37.8 Å². The van der Waals surface area contributed by atoms with Crippen molar-refractivity contribution in [1.29, 1.82) is 0 Å². The van der Waals surface area contributed by atoms with Gasteiger partial charge in [-0.1, -0.05) is 0 Å². The van der Waals surface area contributed by atoms with Crippen molar-refractivity contribution in [2.45, 2.75) is 12.5 Å². The predicted molar refractivity (Wildman–Crippen MR) is 80.4 cm³/mol. The second kappa shape index (κ2) is 7.26. The molecule has 1 fully saturated rings. The minimum absolute atomic E-state index is 0. The van der Waals surface area contributed by atoms with Crippen molar-refractivity contribution in [3.8, 4) is 0 Å². The van der Waals surface area contributed by atoms with Crippen LogP contribution in [0.3, 0.4) is 0 Å². The smallest absolute Gasteiger partial charge is 0.253 e. The highest BCUT2D eigenvalue weighted by Gasteiger charge is 2.17. The lowest BCUT2D eigenvalue weighted by Crippen LogP contribution is -2.36. The summed E-state index contributed by atoms with van der Waals surface area (Å²) in [6, 6.07) is 6.95. The van der Waals surface area contributed by atoms with Crippen molar-refractivity contribution in [1.82, 2.24) is 15.5 Å². The van der Waals surface area contributed by atoms with Gasteiger partial charge in [-0.2, -0.15) is 0 Å². The van der Waals surface area contributed by atoms with Crippen molar-refractivity contribution in [3.63, 3.8) is 0 Å². The number of benzene rings is 1. The molecule has 0 saturated carbocycles. The van der Waals surface area contributed by atoms with Crippen molar-refractivity contribution in [2.75, 3.05) is 27.2 Å². The average molecular weight is 298 g/mol. The number of hydrogen-bond acceptors (Lipinski definition) is 3. The van der Waals surface area contributed by atoms with Crippen molar-refractivity contribution in [2.24, 2.45) is 0 Å². The molecule has 1 aliphatic rings. The number of hydrogen-bond donors (Lipinski definition) is 2. The average Bonchev–Trinajstić information content (AvgIpc) is 2.90. The van der Waals surface area contributed by atoms with E-state index in [1.807, 2.05) is 0 Å². The summed E-state index contributed by atoms with van der Waals surface area (Å²) >= 11 is 0. The quantitative estimate of drug-likeness (QED) is 0.871.